The zero-order valence-corrected chi connectivity index (χ0v) is 11.9. The summed E-state index contributed by atoms with van der Waals surface area (Å²) in [7, 11) is 1.99. The number of nitrogens with one attached hydrogen (secondary N) is 1. The van der Waals surface area contributed by atoms with E-state index in [1.807, 2.05) is 7.05 Å². The van der Waals surface area contributed by atoms with Gasteiger partial charge in [0.1, 0.15) is 0 Å². The summed E-state index contributed by atoms with van der Waals surface area (Å²) in [5.74, 6) is 0. The highest BCUT2D eigenvalue weighted by Gasteiger charge is 2.22. The molecule has 0 spiro atoms. The maximum Gasteiger partial charge on any atom is 0.0746 e. The van der Waals surface area contributed by atoms with Gasteiger partial charge < -0.3 is 10.2 Å². The van der Waals surface area contributed by atoms with E-state index in [0.29, 0.717) is 21.1 Å². The van der Waals surface area contributed by atoms with Gasteiger partial charge in [0.15, 0.2) is 0 Å². The molecule has 1 N–H and O–H groups in total. The normalized spacial score (nSPS) is 20.7. The maximum atomic E-state index is 6.23. The number of anilines is 1. The molecule has 1 atom stereocenters. The summed E-state index contributed by atoms with van der Waals surface area (Å²) < 4.78 is 0. The van der Waals surface area contributed by atoms with Crippen molar-refractivity contribution in [1.29, 1.82) is 0 Å². The Balaban J connectivity index is 2.27. The highest BCUT2D eigenvalue weighted by molar-refractivity contribution is 6.41. The Morgan fingerprint density at radius 3 is 2.47 bits per heavy atom. The molecule has 0 bridgehead atoms. The molecule has 0 aromatic heterocycles. The van der Waals surface area contributed by atoms with Crippen molar-refractivity contribution in [3.8, 4) is 0 Å². The fourth-order valence-corrected chi connectivity index (χ4v) is 3.31. The van der Waals surface area contributed by atoms with Crippen molar-refractivity contribution in [3.63, 3.8) is 0 Å². The molecule has 94 valence electrons. The van der Waals surface area contributed by atoms with E-state index in [1.165, 1.54) is 6.42 Å². The molecular weight excluding hydrogens is 279 g/mol. The first-order valence-electron chi connectivity index (χ1n) is 5.68. The second-order valence-corrected chi connectivity index (χ2v) is 5.54. The van der Waals surface area contributed by atoms with E-state index in [9.17, 15) is 0 Å². The van der Waals surface area contributed by atoms with Crippen LogP contribution in [0.5, 0.6) is 0 Å². The smallest absolute Gasteiger partial charge is 0.0746 e. The van der Waals surface area contributed by atoms with Crippen molar-refractivity contribution in [2.45, 2.75) is 18.9 Å². The van der Waals surface area contributed by atoms with Crippen LogP contribution in [-0.2, 0) is 0 Å². The number of piperidine rings is 1. The molecule has 2 nitrogen and oxygen atoms in total. The topological polar surface area (TPSA) is 15.3 Å². The van der Waals surface area contributed by atoms with Crippen LogP contribution >= 0.6 is 34.8 Å². The van der Waals surface area contributed by atoms with Gasteiger partial charge in [-0.05, 0) is 32.0 Å². The Kier molecular flexibility index (Phi) is 4.42. The summed E-state index contributed by atoms with van der Waals surface area (Å²) in [6.07, 6.45) is 2.33. The Bertz CT molecular complexity index is 386. The van der Waals surface area contributed by atoms with Gasteiger partial charge in [0.2, 0.25) is 0 Å². The molecule has 0 amide bonds. The van der Waals surface area contributed by atoms with Crippen molar-refractivity contribution >= 4 is 40.5 Å². The summed E-state index contributed by atoms with van der Waals surface area (Å²) >= 11 is 18.4. The van der Waals surface area contributed by atoms with Crippen LogP contribution < -0.4 is 10.2 Å². The summed E-state index contributed by atoms with van der Waals surface area (Å²) in [5.41, 5.74) is 0.901. The number of nitrogens with zero attached hydrogens (tertiary/aromatic N) is 1. The van der Waals surface area contributed by atoms with E-state index < -0.39 is 0 Å². The molecule has 0 radical (unpaired) electrons. The van der Waals surface area contributed by atoms with Gasteiger partial charge in [-0.3, -0.25) is 0 Å². The number of halogens is 3. The van der Waals surface area contributed by atoms with E-state index in [4.69, 9.17) is 34.8 Å². The Morgan fingerprint density at radius 2 is 1.88 bits per heavy atom. The average molecular weight is 294 g/mol. The van der Waals surface area contributed by atoms with Gasteiger partial charge in [-0.2, -0.15) is 0 Å². The van der Waals surface area contributed by atoms with Crippen molar-refractivity contribution in [3.05, 3.63) is 27.2 Å². The van der Waals surface area contributed by atoms with Gasteiger partial charge in [-0.15, -0.1) is 0 Å². The number of likely N-dealkylation sites (N-methyl/N-ethyl adjacent to an activating group) is 1. The zero-order chi connectivity index (χ0) is 12.4. The molecule has 1 unspecified atom stereocenters. The van der Waals surface area contributed by atoms with Crippen LogP contribution in [0.1, 0.15) is 12.8 Å². The quantitative estimate of drug-likeness (QED) is 0.891. The van der Waals surface area contributed by atoms with Crippen LogP contribution in [-0.4, -0.2) is 26.2 Å². The summed E-state index contributed by atoms with van der Waals surface area (Å²) in [6.45, 7) is 1.91. The Morgan fingerprint density at radius 1 is 1.24 bits per heavy atom. The first-order valence-corrected chi connectivity index (χ1v) is 6.82. The third kappa shape index (κ3) is 3.00. The lowest BCUT2D eigenvalue weighted by atomic mass is 10.1. The second kappa shape index (κ2) is 5.66. The lowest BCUT2D eigenvalue weighted by Gasteiger charge is -2.35. The van der Waals surface area contributed by atoms with Crippen molar-refractivity contribution in [2.75, 3.05) is 25.0 Å². The molecule has 1 fully saturated rings. The molecule has 1 aliphatic heterocycles. The number of hydrogen-bond donors (Lipinski definition) is 1. The summed E-state index contributed by atoms with van der Waals surface area (Å²) in [5, 5.41) is 5.12. The number of hydrogen-bond acceptors (Lipinski definition) is 2. The van der Waals surface area contributed by atoms with Crippen LogP contribution in [0.15, 0.2) is 12.1 Å². The largest absolute Gasteiger partial charge is 0.368 e. The molecule has 0 saturated carbocycles. The van der Waals surface area contributed by atoms with Gasteiger partial charge in [-0.25, -0.2) is 0 Å². The second-order valence-electron chi connectivity index (χ2n) is 4.29. The van der Waals surface area contributed by atoms with Crippen LogP contribution in [0.25, 0.3) is 0 Å². The minimum atomic E-state index is 0.492. The van der Waals surface area contributed by atoms with E-state index in [1.54, 1.807) is 12.1 Å². The SMILES string of the molecule is CNC1CCCN(c2c(Cl)cc(Cl)cc2Cl)C1. The van der Waals surface area contributed by atoms with Gasteiger partial charge in [-0.1, -0.05) is 34.8 Å². The van der Waals surface area contributed by atoms with Gasteiger partial charge in [0.25, 0.3) is 0 Å². The van der Waals surface area contributed by atoms with Gasteiger partial charge in [0.05, 0.1) is 15.7 Å². The number of benzene rings is 1. The van der Waals surface area contributed by atoms with Crippen LogP contribution in [0, 0.1) is 0 Å². The van der Waals surface area contributed by atoms with Crippen molar-refractivity contribution in [2.24, 2.45) is 0 Å². The molecule has 0 aliphatic carbocycles. The fraction of sp³-hybridized carbons (Fsp3) is 0.500. The van der Waals surface area contributed by atoms with E-state index in [-0.39, 0.29) is 0 Å². The highest BCUT2D eigenvalue weighted by atomic mass is 35.5. The first-order chi connectivity index (χ1) is 8.11. The maximum absolute atomic E-state index is 6.23. The van der Waals surface area contributed by atoms with Gasteiger partial charge >= 0.3 is 0 Å². The third-order valence-electron chi connectivity index (χ3n) is 3.13. The standard InChI is InChI=1S/C12H15Cl3N2/c1-16-9-3-2-4-17(7-9)12-10(14)5-8(13)6-11(12)15/h5-6,9,16H,2-4,7H2,1H3. The molecule has 1 aliphatic rings. The molecular formula is C12H15Cl3N2. The predicted molar refractivity (Wildman–Crippen MR) is 75.8 cm³/mol. The van der Waals surface area contributed by atoms with Crippen LogP contribution in [0.3, 0.4) is 0 Å². The molecule has 2 rings (SSSR count). The van der Waals surface area contributed by atoms with Crippen LogP contribution in [0.4, 0.5) is 5.69 Å². The first kappa shape index (κ1) is 13.3. The zero-order valence-electron chi connectivity index (χ0n) is 9.64. The predicted octanol–water partition coefficient (Wildman–Crippen LogP) is 3.84. The Labute approximate surface area is 117 Å². The monoisotopic (exact) mass is 292 g/mol. The van der Waals surface area contributed by atoms with Crippen molar-refractivity contribution < 1.29 is 0 Å². The fourth-order valence-electron chi connectivity index (χ4n) is 2.25. The van der Waals surface area contributed by atoms with E-state index in [2.05, 4.69) is 10.2 Å². The minimum Gasteiger partial charge on any atom is -0.368 e. The van der Waals surface area contributed by atoms with E-state index in [0.717, 1.165) is 25.2 Å². The molecule has 1 heterocycles. The van der Waals surface area contributed by atoms with Crippen molar-refractivity contribution in [1.82, 2.24) is 5.32 Å². The lowest BCUT2D eigenvalue weighted by Crippen LogP contribution is -2.44. The molecule has 5 heteroatoms. The minimum absolute atomic E-state index is 0.492. The Hall–Kier alpha value is -0.150. The van der Waals surface area contributed by atoms with Crippen LogP contribution in [0.2, 0.25) is 15.1 Å². The average Bonchev–Trinajstić information content (AvgIpc) is 2.28. The third-order valence-corrected chi connectivity index (χ3v) is 3.92. The van der Waals surface area contributed by atoms with E-state index >= 15 is 0 Å². The summed E-state index contributed by atoms with van der Waals surface area (Å²) in [6, 6.07) is 3.98. The summed E-state index contributed by atoms with van der Waals surface area (Å²) in [4.78, 5) is 2.23. The van der Waals surface area contributed by atoms with Gasteiger partial charge in [0, 0.05) is 24.2 Å². The number of rotatable bonds is 2. The highest BCUT2D eigenvalue weighted by Crippen LogP contribution is 2.37. The molecule has 17 heavy (non-hydrogen) atoms. The molecule has 1 aromatic rings. The lowest BCUT2D eigenvalue weighted by molar-refractivity contribution is 0.450. The molecule has 1 aromatic carbocycles. The molecule has 1 saturated heterocycles.